The molecule has 1 amide bonds. The van der Waals surface area contributed by atoms with E-state index in [9.17, 15) is 9.59 Å². The van der Waals surface area contributed by atoms with Gasteiger partial charge in [0.1, 0.15) is 5.69 Å². The molecule has 0 aliphatic carbocycles. The first-order chi connectivity index (χ1) is 8.58. The van der Waals surface area contributed by atoms with Gasteiger partial charge in [-0.05, 0) is 24.8 Å². The number of piperidine rings is 1. The summed E-state index contributed by atoms with van der Waals surface area (Å²) in [6.07, 6.45) is 2.02. The highest BCUT2D eigenvalue weighted by Crippen LogP contribution is 2.25. The van der Waals surface area contributed by atoms with Gasteiger partial charge in [-0.15, -0.1) is 0 Å². The van der Waals surface area contributed by atoms with Crippen LogP contribution in [0.25, 0.3) is 0 Å². The Morgan fingerprint density at radius 1 is 1.44 bits per heavy atom. The summed E-state index contributed by atoms with van der Waals surface area (Å²) in [5.41, 5.74) is 0.151. The largest absolute Gasteiger partial charge is 0.337 e. The number of rotatable bonds is 2. The molecule has 1 unspecified atom stereocenters. The number of halogens is 1. The van der Waals surface area contributed by atoms with E-state index in [-0.39, 0.29) is 11.5 Å². The number of hydrogen-bond acceptors (Lipinski definition) is 2. The van der Waals surface area contributed by atoms with Crippen LogP contribution >= 0.6 is 15.9 Å². The second-order valence-corrected chi connectivity index (χ2v) is 6.18. The number of likely N-dealkylation sites (tertiary alicyclic amines) is 1. The number of carbonyl (C=O) groups excluding carboxylic acids is 1. The zero-order valence-corrected chi connectivity index (χ0v) is 11.9. The van der Waals surface area contributed by atoms with Crippen molar-refractivity contribution < 1.29 is 4.79 Å². The van der Waals surface area contributed by atoms with Crippen LogP contribution in [0.3, 0.4) is 0 Å². The van der Waals surface area contributed by atoms with E-state index in [4.69, 9.17) is 0 Å². The van der Waals surface area contributed by atoms with Gasteiger partial charge in [-0.25, -0.2) is 0 Å². The van der Waals surface area contributed by atoms with Crippen LogP contribution in [0, 0.1) is 5.92 Å². The third kappa shape index (κ3) is 3.02. The Kier molecular flexibility index (Phi) is 4.22. The van der Waals surface area contributed by atoms with Crippen LogP contribution in [-0.4, -0.2) is 33.7 Å². The lowest BCUT2D eigenvalue weighted by Crippen LogP contribution is -2.40. The predicted octanol–water partition coefficient (Wildman–Crippen LogP) is 2.01. The quantitative estimate of drug-likeness (QED) is 0.849. The molecule has 0 bridgehead atoms. The van der Waals surface area contributed by atoms with Crippen molar-refractivity contribution in [2.75, 3.05) is 13.1 Å². The molecule has 98 valence electrons. The summed E-state index contributed by atoms with van der Waals surface area (Å²) in [4.78, 5) is 28.2. The Morgan fingerprint density at radius 3 is 2.67 bits per heavy atom. The van der Waals surface area contributed by atoms with E-state index in [0.29, 0.717) is 16.4 Å². The van der Waals surface area contributed by atoms with Crippen molar-refractivity contribution in [2.24, 2.45) is 5.92 Å². The molecule has 18 heavy (non-hydrogen) atoms. The average molecular weight is 313 g/mol. The van der Waals surface area contributed by atoms with Crippen molar-refractivity contribution >= 4 is 21.8 Å². The standard InChI is InChI=1S/C13H17BrN2O2/c1-9(14)10-5-7-16(8-6-10)13(18)11-3-2-4-12(17)15-11/h2-4,9-10H,5-8H2,1H3,(H,15,17). The van der Waals surface area contributed by atoms with Gasteiger partial charge in [-0.1, -0.05) is 28.9 Å². The minimum absolute atomic E-state index is 0.0756. The maximum atomic E-state index is 12.2. The Hall–Kier alpha value is -1.10. The van der Waals surface area contributed by atoms with E-state index in [2.05, 4.69) is 27.8 Å². The Balaban J connectivity index is 2.02. The van der Waals surface area contributed by atoms with Gasteiger partial charge in [0.15, 0.2) is 0 Å². The summed E-state index contributed by atoms with van der Waals surface area (Å²) in [6, 6.07) is 4.68. The van der Waals surface area contributed by atoms with Gasteiger partial charge in [0.2, 0.25) is 5.56 Å². The number of nitrogens with one attached hydrogen (secondary N) is 1. The fourth-order valence-electron chi connectivity index (χ4n) is 2.30. The minimum Gasteiger partial charge on any atom is -0.337 e. The molecule has 1 aromatic heterocycles. The molecule has 0 spiro atoms. The SMILES string of the molecule is CC(Br)C1CCN(C(=O)c2cccc(=O)[nH]2)CC1. The zero-order chi connectivity index (χ0) is 13.1. The van der Waals surface area contributed by atoms with Crippen LogP contribution in [0.1, 0.15) is 30.3 Å². The van der Waals surface area contributed by atoms with Gasteiger partial charge < -0.3 is 9.88 Å². The van der Waals surface area contributed by atoms with E-state index in [1.807, 2.05) is 4.90 Å². The number of amides is 1. The number of alkyl halides is 1. The maximum absolute atomic E-state index is 12.2. The third-order valence-electron chi connectivity index (χ3n) is 3.48. The van der Waals surface area contributed by atoms with E-state index < -0.39 is 0 Å². The van der Waals surface area contributed by atoms with Crippen LogP contribution < -0.4 is 5.56 Å². The summed E-state index contributed by atoms with van der Waals surface area (Å²) in [6.45, 7) is 3.67. The predicted molar refractivity (Wildman–Crippen MR) is 74.1 cm³/mol. The molecule has 5 heteroatoms. The summed E-state index contributed by atoms with van der Waals surface area (Å²) in [5.74, 6) is 0.553. The van der Waals surface area contributed by atoms with Crippen molar-refractivity contribution in [3.8, 4) is 0 Å². The topological polar surface area (TPSA) is 53.2 Å². The number of carbonyl (C=O) groups is 1. The first-order valence-electron chi connectivity index (χ1n) is 6.20. The summed E-state index contributed by atoms with van der Waals surface area (Å²) >= 11 is 3.60. The van der Waals surface area contributed by atoms with Crippen molar-refractivity contribution in [3.05, 3.63) is 34.2 Å². The van der Waals surface area contributed by atoms with Crippen LogP contribution in [-0.2, 0) is 0 Å². The first-order valence-corrected chi connectivity index (χ1v) is 7.12. The molecule has 1 saturated heterocycles. The molecule has 0 radical (unpaired) electrons. The number of pyridine rings is 1. The molecule has 2 rings (SSSR count). The normalized spacial score (nSPS) is 18.7. The van der Waals surface area contributed by atoms with Crippen molar-refractivity contribution in [1.82, 2.24) is 9.88 Å². The van der Waals surface area contributed by atoms with Crippen molar-refractivity contribution in [1.29, 1.82) is 0 Å². The van der Waals surface area contributed by atoms with Crippen molar-refractivity contribution in [3.63, 3.8) is 0 Å². The van der Waals surface area contributed by atoms with Crippen LogP contribution in [0.4, 0.5) is 0 Å². The molecule has 0 aromatic carbocycles. The van der Waals surface area contributed by atoms with Gasteiger partial charge in [0.05, 0.1) is 0 Å². The van der Waals surface area contributed by atoms with E-state index in [1.54, 1.807) is 12.1 Å². The minimum atomic E-state index is -0.232. The number of hydrogen-bond donors (Lipinski definition) is 1. The van der Waals surface area contributed by atoms with Crippen molar-refractivity contribution in [2.45, 2.75) is 24.6 Å². The van der Waals surface area contributed by atoms with E-state index >= 15 is 0 Å². The molecule has 1 aliphatic heterocycles. The number of aromatic amines is 1. The molecule has 1 aromatic rings. The number of aromatic nitrogens is 1. The molecule has 1 aliphatic rings. The lowest BCUT2D eigenvalue weighted by molar-refractivity contribution is 0.0685. The van der Waals surface area contributed by atoms with E-state index in [0.717, 1.165) is 25.9 Å². The molecule has 1 N–H and O–H groups in total. The highest BCUT2D eigenvalue weighted by molar-refractivity contribution is 9.09. The highest BCUT2D eigenvalue weighted by Gasteiger charge is 2.25. The van der Waals surface area contributed by atoms with Gasteiger partial charge in [-0.3, -0.25) is 9.59 Å². The van der Waals surface area contributed by atoms with Crippen LogP contribution in [0.2, 0.25) is 0 Å². The monoisotopic (exact) mass is 312 g/mol. The molecule has 1 fully saturated rings. The van der Waals surface area contributed by atoms with Gasteiger partial charge in [0, 0.05) is 24.0 Å². The summed E-state index contributed by atoms with van der Waals surface area (Å²) in [7, 11) is 0. The molecule has 1 atom stereocenters. The number of nitrogens with zero attached hydrogens (tertiary/aromatic N) is 1. The van der Waals surface area contributed by atoms with Crippen LogP contribution in [0.5, 0.6) is 0 Å². The van der Waals surface area contributed by atoms with Gasteiger partial charge in [-0.2, -0.15) is 0 Å². The average Bonchev–Trinajstić information content (AvgIpc) is 2.38. The third-order valence-corrected chi connectivity index (χ3v) is 4.22. The fourth-order valence-corrected chi connectivity index (χ4v) is 2.83. The fraction of sp³-hybridized carbons (Fsp3) is 0.538. The van der Waals surface area contributed by atoms with Gasteiger partial charge in [0.25, 0.3) is 5.91 Å². The number of H-pyrrole nitrogens is 1. The Labute approximate surface area is 115 Å². The molecular formula is C13H17BrN2O2. The lowest BCUT2D eigenvalue weighted by atomic mass is 9.94. The molecule has 4 nitrogen and oxygen atoms in total. The Morgan fingerprint density at radius 2 is 2.11 bits per heavy atom. The van der Waals surface area contributed by atoms with Gasteiger partial charge >= 0.3 is 0 Å². The molecular weight excluding hydrogens is 296 g/mol. The summed E-state index contributed by atoms with van der Waals surface area (Å²) in [5, 5.41) is 0. The van der Waals surface area contributed by atoms with Crippen LogP contribution in [0.15, 0.2) is 23.0 Å². The second-order valence-electron chi connectivity index (χ2n) is 4.74. The lowest BCUT2D eigenvalue weighted by Gasteiger charge is -2.33. The smallest absolute Gasteiger partial charge is 0.270 e. The second kappa shape index (κ2) is 5.69. The highest BCUT2D eigenvalue weighted by atomic mass is 79.9. The molecule has 0 saturated carbocycles. The molecule has 2 heterocycles. The zero-order valence-electron chi connectivity index (χ0n) is 10.4. The first kappa shape index (κ1) is 13.3. The van der Waals surface area contributed by atoms with E-state index in [1.165, 1.54) is 6.07 Å². The maximum Gasteiger partial charge on any atom is 0.270 e. The summed E-state index contributed by atoms with van der Waals surface area (Å²) < 4.78 is 0. The Bertz CT molecular complexity index is 476.